The van der Waals surface area contributed by atoms with E-state index in [4.69, 9.17) is 4.74 Å². The highest BCUT2D eigenvalue weighted by molar-refractivity contribution is 9.11. The molecule has 0 bridgehead atoms. The van der Waals surface area contributed by atoms with Gasteiger partial charge in [-0.1, -0.05) is 6.07 Å². The zero-order valence-corrected chi connectivity index (χ0v) is 14.7. The maximum atomic E-state index is 9.71. The van der Waals surface area contributed by atoms with Gasteiger partial charge in [0.2, 0.25) is 0 Å². The number of methoxy groups -OCH3 is 1. The van der Waals surface area contributed by atoms with Gasteiger partial charge in [-0.3, -0.25) is 0 Å². The maximum Gasteiger partial charge on any atom is 0.143 e. The predicted molar refractivity (Wildman–Crippen MR) is 89.8 cm³/mol. The summed E-state index contributed by atoms with van der Waals surface area (Å²) in [4.78, 5) is 0. The first-order chi connectivity index (χ1) is 10.0. The van der Waals surface area contributed by atoms with E-state index in [1.165, 1.54) is 0 Å². The second kappa shape index (κ2) is 7.29. The number of aliphatic hydroxyl groups is 1. The Balaban J connectivity index is 2.16. The zero-order chi connectivity index (χ0) is 15.4. The van der Waals surface area contributed by atoms with E-state index in [1.54, 1.807) is 7.11 Å². The van der Waals surface area contributed by atoms with Gasteiger partial charge in [0.05, 0.1) is 22.7 Å². The van der Waals surface area contributed by atoms with Crippen LogP contribution in [0, 0.1) is 0 Å². The van der Waals surface area contributed by atoms with Gasteiger partial charge in [-0.25, -0.2) is 0 Å². The lowest BCUT2D eigenvalue weighted by atomic mass is 10.0. The van der Waals surface area contributed by atoms with Crippen molar-refractivity contribution in [2.24, 2.45) is 0 Å². The van der Waals surface area contributed by atoms with E-state index in [0.717, 1.165) is 35.3 Å². The van der Waals surface area contributed by atoms with Crippen LogP contribution in [0.2, 0.25) is 0 Å². The Kier molecular flexibility index (Phi) is 5.67. The van der Waals surface area contributed by atoms with E-state index >= 15 is 0 Å². The van der Waals surface area contributed by atoms with E-state index in [0.29, 0.717) is 8.95 Å². The first kappa shape index (κ1) is 16.3. The van der Waals surface area contributed by atoms with Crippen molar-refractivity contribution in [2.45, 2.75) is 19.4 Å². The highest BCUT2D eigenvalue weighted by atomic mass is 79.9. The first-order valence-electron chi connectivity index (χ1n) is 6.48. The summed E-state index contributed by atoms with van der Waals surface area (Å²) in [6, 6.07) is 9.61. The summed E-state index contributed by atoms with van der Waals surface area (Å²) >= 11 is 6.67. The van der Waals surface area contributed by atoms with Gasteiger partial charge in [0, 0.05) is 0 Å². The molecule has 2 N–H and O–H groups in total. The number of halogens is 2. The van der Waals surface area contributed by atoms with Crippen molar-refractivity contribution < 1.29 is 14.9 Å². The average Bonchev–Trinajstić information content (AvgIpc) is 2.49. The molecule has 0 aromatic heterocycles. The molecule has 0 spiro atoms. The van der Waals surface area contributed by atoms with Gasteiger partial charge in [0.15, 0.2) is 0 Å². The third kappa shape index (κ3) is 4.22. The molecule has 2 aromatic rings. The van der Waals surface area contributed by atoms with E-state index < -0.39 is 0 Å². The number of phenolic OH excluding ortho intramolecular Hbond substituents is 1. The second-order valence-corrected chi connectivity index (χ2v) is 6.46. The Hall–Kier alpha value is -1.04. The molecule has 0 amide bonds. The van der Waals surface area contributed by atoms with Crippen molar-refractivity contribution in [3.8, 4) is 11.5 Å². The largest absolute Gasteiger partial charge is 0.506 e. The van der Waals surface area contributed by atoms with Crippen LogP contribution in [0.15, 0.2) is 39.3 Å². The quantitative estimate of drug-likeness (QED) is 0.769. The number of rotatable bonds is 5. The van der Waals surface area contributed by atoms with Crippen LogP contribution in [0.5, 0.6) is 11.5 Å². The van der Waals surface area contributed by atoms with Gasteiger partial charge in [-0.15, -0.1) is 0 Å². The molecule has 0 radical (unpaired) electrons. The van der Waals surface area contributed by atoms with Crippen LogP contribution in [0.3, 0.4) is 0 Å². The van der Waals surface area contributed by atoms with E-state index in [9.17, 15) is 10.2 Å². The second-order valence-electron chi connectivity index (χ2n) is 4.76. The summed E-state index contributed by atoms with van der Waals surface area (Å²) in [5, 5.41) is 19.0. The highest BCUT2D eigenvalue weighted by Gasteiger charge is 2.07. The van der Waals surface area contributed by atoms with Crippen molar-refractivity contribution >= 4 is 31.9 Å². The molecule has 0 heterocycles. The molecule has 2 aromatic carbocycles. The van der Waals surface area contributed by atoms with Crippen molar-refractivity contribution in [1.29, 1.82) is 0 Å². The molecule has 5 heteroatoms. The van der Waals surface area contributed by atoms with Gasteiger partial charge >= 0.3 is 0 Å². The first-order valence-corrected chi connectivity index (χ1v) is 8.06. The van der Waals surface area contributed by atoms with Gasteiger partial charge < -0.3 is 14.9 Å². The Morgan fingerprint density at radius 1 is 0.905 bits per heavy atom. The van der Waals surface area contributed by atoms with E-state index in [2.05, 4.69) is 31.9 Å². The molecule has 0 fully saturated rings. The van der Waals surface area contributed by atoms with Gasteiger partial charge in [-0.2, -0.15) is 0 Å². The SMILES string of the molecule is COc1cc(CO)cc(CCc2cc(Br)c(O)c(Br)c2)c1. The molecule has 0 aliphatic carbocycles. The Bertz CT molecular complexity index is 596. The fourth-order valence-electron chi connectivity index (χ4n) is 2.13. The van der Waals surface area contributed by atoms with Crippen molar-refractivity contribution in [3.05, 3.63) is 56.0 Å². The minimum absolute atomic E-state index is 0.000502. The number of aromatic hydroxyl groups is 1. The third-order valence-corrected chi connectivity index (χ3v) is 4.43. The van der Waals surface area contributed by atoms with Crippen LogP contribution in [-0.4, -0.2) is 17.3 Å². The standard InChI is InChI=1S/C16H16Br2O3/c1-21-13-5-10(4-12(6-13)9-19)2-3-11-7-14(17)16(20)15(18)8-11/h4-8,19-20H,2-3,9H2,1H3. The summed E-state index contributed by atoms with van der Waals surface area (Å²) < 4.78 is 6.59. The molecule has 21 heavy (non-hydrogen) atoms. The van der Waals surface area contributed by atoms with Crippen LogP contribution < -0.4 is 4.74 Å². The minimum atomic E-state index is 0.000502. The number of aryl methyl sites for hydroxylation is 2. The smallest absolute Gasteiger partial charge is 0.143 e. The summed E-state index contributed by atoms with van der Waals surface area (Å²) in [5.74, 6) is 0.965. The minimum Gasteiger partial charge on any atom is -0.506 e. The monoisotopic (exact) mass is 414 g/mol. The lowest BCUT2D eigenvalue weighted by Crippen LogP contribution is -1.96. The number of aliphatic hydroxyl groups excluding tert-OH is 1. The molecular formula is C16H16Br2O3. The number of hydrogen-bond donors (Lipinski definition) is 2. The fourth-order valence-corrected chi connectivity index (χ4v) is 3.41. The summed E-state index contributed by atoms with van der Waals surface area (Å²) in [6.45, 7) is 0.000502. The fraction of sp³-hybridized carbons (Fsp3) is 0.250. The highest BCUT2D eigenvalue weighted by Crippen LogP contribution is 2.33. The van der Waals surface area contributed by atoms with Crippen molar-refractivity contribution in [1.82, 2.24) is 0 Å². The molecule has 112 valence electrons. The van der Waals surface area contributed by atoms with Gasteiger partial charge in [0.25, 0.3) is 0 Å². The summed E-state index contributed by atoms with van der Waals surface area (Å²) in [6.07, 6.45) is 1.66. The molecular weight excluding hydrogens is 400 g/mol. The average molecular weight is 416 g/mol. The number of ether oxygens (including phenoxy) is 1. The van der Waals surface area contributed by atoms with Crippen LogP contribution in [0.1, 0.15) is 16.7 Å². The van der Waals surface area contributed by atoms with Gasteiger partial charge in [-0.05, 0) is 85.7 Å². The van der Waals surface area contributed by atoms with E-state index in [1.807, 2.05) is 30.3 Å². The Labute approximate surface area is 140 Å². The van der Waals surface area contributed by atoms with Crippen LogP contribution >= 0.6 is 31.9 Å². The molecule has 0 aliphatic heterocycles. The molecule has 2 rings (SSSR count). The molecule has 0 saturated heterocycles. The third-order valence-electron chi connectivity index (χ3n) is 3.22. The maximum absolute atomic E-state index is 9.71. The number of phenols is 1. The van der Waals surface area contributed by atoms with Crippen LogP contribution in [0.25, 0.3) is 0 Å². The molecule has 3 nitrogen and oxygen atoms in total. The molecule has 0 aliphatic rings. The molecule has 0 unspecified atom stereocenters. The zero-order valence-electron chi connectivity index (χ0n) is 11.6. The van der Waals surface area contributed by atoms with Crippen molar-refractivity contribution in [3.63, 3.8) is 0 Å². The van der Waals surface area contributed by atoms with Crippen LogP contribution in [0.4, 0.5) is 0 Å². The predicted octanol–water partition coefficient (Wildman–Crippen LogP) is 4.20. The summed E-state index contributed by atoms with van der Waals surface area (Å²) in [7, 11) is 1.62. The molecule has 0 atom stereocenters. The molecule has 0 saturated carbocycles. The summed E-state index contributed by atoms with van der Waals surface area (Å²) in [5.41, 5.74) is 3.07. The number of benzene rings is 2. The Morgan fingerprint density at radius 3 is 1.95 bits per heavy atom. The Morgan fingerprint density at radius 2 is 1.43 bits per heavy atom. The topological polar surface area (TPSA) is 49.7 Å². The lowest BCUT2D eigenvalue weighted by Gasteiger charge is -2.09. The normalized spacial score (nSPS) is 10.7. The van der Waals surface area contributed by atoms with Crippen molar-refractivity contribution in [2.75, 3.05) is 7.11 Å². The van der Waals surface area contributed by atoms with Crippen LogP contribution in [-0.2, 0) is 19.4 Å². The van der Waals surface area contributed by atoms with E-state index in [-0.39, 0.29) is 12.4 Å². The lowest BCUT2D eigenvalue weighted by molar-refractivity contribution is 0.281. The van der Waals surface area contributed by atoms with Gasteiger partial charge in [0.1, 0.15) is 11.5 Å². The number of hydrogen-bond acceptors (Lipinski definition) is 3.